The Balaban J connectivity index is 0. The van der Waals surface area contributed by atoms with Crippen molar-refractivity contribution in [2.45, 2.75) is 44.0 Å². The molecule has 0 aromatic heterocycles. The summed E-state index contributed by atoms with van der Waals surface area (Å²) < 4.78 is 5.61. The van der Waals surface area contributed by atoms with E-state index in [0.717, 1.165) is 13.0 Å². The SMILES string of the molecule is [CH2-]CCCCSC1CCCCO1.[Cl-].[Mg+2]. The van der Waals surface area contributed by atoms with Crippen LogP contribution in [-0.2, 0) is 4.74 Å². The van der Waals surface area contributed by atoms with Crippen LogP contribution in [0.1, 0.15) is 38.5 Å². The Morgan fingerprint density at radius 3 is 2.64 bits per heavy atom. The first-order valence-electron chi connectivity index (χ1n) is 4.96. The molecule has 0 radical (unpaired) electrons. The van der Waals surface area contributed by atoms with E-state index in [4.69, 9.17) is 4.74 Å². The fraction of sp³-hybridized carbons (Fsp3) is 0.900. The van der Waals surface area contributed by atoms with Crippen LogP contribution in [-0.4, -0.2) is 40.8 Å². The number of hydrogen-bond donors (Lipinski definition) is 0. The van der Waals surface area contributed by atoms with E-state index in [-0.39, 0.29) is 35.5 Å². The van der Waals surface area contributed by atoms with Crippen LogP contribution in [0.2, 0.25) is 0 Å². The van der Waals surface area contributed by atoms with Gasteiger partial charge in [0.15, 0.2) is 0 Å². The molecule has 1 saturated heterocycles. The monoisotopic (exact) mass is 246 g/mol. The minimum Gasteiger partial charge on any atom is -1.00 e. The summed E-state index contributed by atoms with van der Waals surface area (Å²) in [6, 6.07) is 0. The molecule has 4 heteroatoms. The Morgan fingerprint density at radius 1 is 1.29 bits per heavy atom. The summed E-state index contributed by atoms with van der Waals surface area (Å²) in [5, 5.41) is 0. The molecule has 0 amide bonds. The molecule has 1 rings (SSSR count). The second-order valence-electron chi connectivity index (χ2n) is 3.23. The third-order valence-corrected chi connectivity index (χ3v) is 3.35. The van der Waals surface area contributed by atoms with Gasteiger partial charge in [0.05, 0.1) is 0 Å². The normalized spacial score (nSPS) is 20.8. The average Bonchev–Trinajstić information content (AvgIpc) is 2.14. The van der Waals surface area contributed by atoms with Crippen molar-refractivity contribution in [2.75, 3.05) is 12.4 Å². The maximum Gasteiger partial charge on any atom is 2.00 e. The first-order valence-corrected chi connectivity index (χ1v) is 6.01. The van der Waals surface area contributed by atoms with Crippen molar-refractivity contribution in [3.05, 3.63) is 6.92 Å². The molecular weight excluding hydrogens is 228 g/mol. The van der Waals surface area contributed by atoms with Crippen molar-refractivity contribution in [2.24, 2.45) is 0 Å². The number of rotatable bonds is 5. The molecule has 1 heterocycles. The number of unbranched alkanes of at least 4 members (excludes halogenated alkanes) is 2. The quantitative estimate of drug-likeness (QED) is 0.380. The van der Waals surface area contributed by atoms with Crippen molar-refractivity contribution in [3.63, 3.8) is 0 Å². The molecular formula is C10H19ClMgOS. The minimum absolute atomic E-state index is 0. The summed E-state index contributed by atoms with van der Waals surface area (Å²) in [6.45, 7) is 4.81. The molecule has 0 spiro atoms. The van der Waals surface area contributed by atoms with E-state index in [2.05, 4.69) is 6.92 Å². The van der Waals surface area contributed by atoms with Gasteiger partial charge in [-0.1, -0.05) is 6.42 Å². The molecule has 0 aliphatic carbocycles. The average molecular weight is 247 g/mol. The molecule has 0 saturated carbocycles. The third kappa shape index (κ3) is 8.66. The Morgan fingerprint density at radius 2 is 2.07 bits per heavy atom. The summed E-state index contributed by atoms with van der Waals surface area (Å²) >= 11 is 1.99. The molecule has 1 nitrogen and oxygen atoms in total. The van der Waals surface area contributed by atoms with Crippen LogP contribution >= 0.6 is 11.8 Å². The van der Waals surface area contributed by atoms with E-state index >= 15 is 0 Å². The number of hydrogen-bond acceptors (Lipinski definition) is 2. The van der Waals surface area contributed by atoms with Crippen LogP contribution in [0.25, 0.3) is 0 Å². The van der Waals surface area contributed by atoms with Gasteiger partial charge in [-0.05, 0) is 31.4 Å². The second-order valence-corrected chi connectivity index (χ2v) is 4.49. The Kier molecular flexibility index (Phi) is 15.8. The third-order valence-electron chi connectivity index (χ3n) is 2.09. The van der Waals surface area contributed by atoms with Gasteiger partial charge in [-0.3, -0.25) is 0 Å². The van der Waals surface area contributed by atoms with Gasteiger partial charge >= 0.3 is 23.1 Å². The molecule has 0 aromatic rings. The van der Waals surface area contributed by atoms with Gasteiger partial charge in [-0.15, -0.1) is 11.8 Å². The van der Waals surface area contributed by atoms with E-state index in [1.54, 1.807) is 0 Å². The molecule has 14 heavy (non-hydrogen) atoms. The summed E-state index contributed by atoms with van der Waals surface area (Å²) in [6.07, 6.45) is 7.51. The number of thioether (sulfide) groups is 1. The van der Waals surface area contributed by atoms with Gasteiger partial charge in [0, 0.05) is 6.61 Å². The van der Waals surface area contributed by atoms with Crippen LogP contribution in [0.3, 0.4) is 0 Å². The first-order chi connectivity index (χ1) is 5.93. The van der Waals surface area contributed by atoms with Crippen LogP contribution in [0.15, 0.2) is 0 Å². The predicted molar refractivity (Wildman–Crippen MR) is 61.0 cm³/mol. The van der Waals surface area contributed by atoms with Crippen LogP contribution < -0.4 is 12.4 Å². The topological polar surface area (TPSA) is 9.23 Å². The molecule has 1 aliphatic heterocycles. The van der Waals surface area contributed by atoms with Gasteiger partial charge in [0.1, 0.15) is 5.44 Å². The summed E-state index contributed by atoms with van der Waals surface area (Å²) in [4.78, 5) is 0. The van der Waals surface area contributed by atoms with Crippen LogP contribution in [0.4, 0.5) is 0 Å². The summed E-state index contributed by atoms with van der Waals surface area (Å²) in [5.74, 6) is 1.25. The Hall–Kier alpha value is 1.37. The number of halogens is 1. The molecule has 1 atom stereocenters. The van der Waals surface area contributed by atoms with Gasteiger partial charge < -0.3 is 24.1 Å². The zero-order chi connectivity index (χ0) is 8.65. The molecule has 1 unspecified atom stereocenters. The standard InChI is InChI=1S/C10H19OS.ClH.Mg/c1-2-3-6-9-12-10-7-4-5-8-11-10;;/h10H,1-9H2;1H;/q-1;;+2/p-1. The maximum absolute atomic E-state index is 5.61. The van der Waals surface area contributed by atoms with Crippen molar-refractivity contribution in [1.82, 2.24) is 0 Å². The zero-order valence-corrected chi connectivity index (χ0v) is 11.8. The van der Waals surface area contributed by atoms with Gasteiger partial charge in [-0.25, -0.2) is 0 Å². The largest absolute Gasteiger partial charge is 2.00 e. The summed E-state index contributed by atoms with van der Waals surface area (Å²) in [5.41, 5.74) is 0.503. The second kappa shape index (κ2) is 12.4. The maximum atomic E-state index is 5.61. The fourth-order valence-corrected chi connectivity index (χ4v) is 2.50. The molecule has 80 valence electrons. The predicted octanol–water partition coefficient (Wildman–Crippen LogP) is -0.126. The molecule has 0 aromatic carbocycles. The van der Waals surface area contributed by atoms with Gasteiger partial charge in [0.25, 0.3) is 0 Å². The van der Waals surface area contributed by atoms with Crippen LogP contribution in [0, 0.1) is 6.92 Å². The summed E-state index contributed by atoms with van der Waals surface area (Å²) in [7, 11) is 0. The van der Waals surface area contributed by atoms with Gasteiger partial charge in [-0.2, -0.15) is 6.42 Å². The zero-order valence-electron chi connectivity index (χ0n) is 8.84. The fourth-order valence-electron chi connectivity index (χ4n) is 1.34. The number of ether oxygens (including phenoxy) is 1. The van der Waals surface area contributed by atoms with E-state index < -0.39 is 0 Å². The van der Waals surface area contributed by atoms with E-state index in [9.17, 15) is 0 Å². The van der Waals surface area contributed by atoms with Crippen molar-refractivity contribution in [3.8, 4) is 0 Å². The van der Waals surface area contributed by atoms with Gasteiger partial charge in [0.2, 0.25) is 0 Å². The van der Waals surface area contributed by atoms with E-state index in [0.29, 0.717) is 5.44 Å². The molecule has 1 aliphatic rings. The molecule has 1 fully saturated rings. The Labute approximate surface area is 115 Å². The smallest absolute Gasteiger partial charge is 1.00 e. The molecule has 0 bridgehead atoms. The molecule has 0 N–H and O–H groups in total. The van der Waals surface area contributed by atoms with Crippen LogP contribution in [0.5, 0.6) is 0 Å². The van der Waals surface area contributed by atoms with E-state index in [1.807, 2.05) is 11.8 Å². The minimum atomic E-state index is 0. The first kappa shape index (κ1) is 17.8. The van der Waals surface area contributed by atoms with Crippen molar-refractivity contribution >= 4 is 34.8 Å². The Bertz CT molecular complexity index is 110. The van der Waals surface area contributed by atoms with E-state index in [1.165, 1.54) is 37.9 Å². The van der Waals surface area contributed by atoms with Crippen molar-refractivity contribution < 1.29 is 17.1 Å². The van der Waals surface area contributed by atoms with Crippen molar-refractivity contribution in [1.29, 1.82) is 0 Å².